The Morgan fingerprint density at radius 2 is 1.84 bits per heavy atom. The molecule has 0 spiro atoms. The van der Waals surface area contributed by atoms with Crippen LogP contribution in [0.1, 0.15) is 86.0 Å². The molecule has 2 aliphatic carbocycles. The van der Waals surface area contributed by atoms with Crippen molar-refractivity contribution in [2.24, 2.45) is 23.2 Å². The van der Waals surface area contributed by atoms with E-state index in [1.54, 1.807) is 19.1 Å². The molecule has 6 rings (SSSR count). The summed E-state index contributed by atoms with van der Waals surface area (Å²) in [5, 5.41) is 5.95. The molecule has 13 nitrogen and oxygen atoms in total. The fourth-order valence-corrected chi connectivity index (χ4v) is 9.13. The first-order valence-electron chi connectivity index (χ1n) is 19.6. The molecule has 0 unspecified atom stereocenters. The van der Waals surface area contributed by atoms with Crippen LogP contribution in [0.15, 0.2) is 36.5 Å². The number of carbonyl (C=O) groups is 4. The number of alkyl halides is 3. The number of hydrogen-bond donors (Lipinski definition) is 3. The van der Waals surface area contributed by atoms with E-state index in [-0.39, 0.29) is 42.3 Å². The summed E-state index contributed by atoms with van der Waals surface area (Å²) in [5.74, 6) is -6.05. The van der Waals surface area contributed by atoms with E-state index in [1.807, 2.05) is 13.0 Å². The Morgan fingerprint density at radius 1 is 1.14 bits per heavy atom. The summed E-state index contributed by atoms with van der Waals surface area (Å²) in [5.41, 5.74) is -4.56. The number of nitrogens with zero attached hydrogens (tertiary/aromatic N) is 2. The number of amides is 4. The fraction of sp³-hybridized carbons (Fsp3) is 0.625. The van der Waals surface area contributed by atoms with Crippen molar-refractivity contribution in [1.82, 2.24) is 25.2 Å². The highest BCUT2D eigenvalue weighted by Crippen LogP contribution is 2.48. The third-order valence-corrected chi connectivity index (χ3v) is 14.6. The molecular weight excluding hydrogens is 787 g/mol. The number of rotatable bonds is 9. The first-order chi connectivity index (χ1) is 27.1. The lowest BCUT2D eigenvalue weighted by atomic mass is 9.83. The number of ether oxygens (including phenoxy) is 2. The van der Waals surface area contributed by atoms with E-state index in [4.69, 9.17) is 9.47 Å². The predicted octanol–water partition coefficient (Wildman–Crippen LogP) is 5.08. The Balaban J connectivity index is 1.39. The maximum absolute atomic E-state index is 14.9. The van der Waals surface area contributed by atoms with E-state index in [0.717, 1.165) is 18.7 Å². The SMILES string of the molecule is CC[C@@H]1C[C@H](C)CCC=C[C@@H]2C[C@@]2(C(=O)NS(=O)(=O)C2(C)CC2)NC(=O)[C@@H]2C[C@@H](Oc3nccc4cc(OC)c(F)cc34)CN2C(=O)[C@H]1NC(=O)C(C)(C)C(F)(F)F. The van der Waals surface area contributed by atoms with E-state index < -0.39 is 91.4 Å². The van der Waals surface area contributed by atoms with Crippen LogP contribution in [-0.4, -0.2) is 90.2 Å². The summed E-state index contributed by atoms with van der Waals surface area (Å²) < 4.78 is 96.1. The molecule has 1 aromatic heterocycles. The summed E-state index contributed by atoms with van der Waals surface area (Å²) in [6, 6.07) is 1.33. The smallest absolute Gasteiger partial charge is 0.402 e. The van der Waals surface area contributed by atoms with Gasteiger partial charge in [-0.1, -0.05) is 32.4 Å². The molecule has 318 valence electrons. The third kappa shape index (κ3) is 8.21. The van der Waals surface area contributed by atoms with Crippen LogP contribution < -0.4 is 24.8 Å². The van der Waals surface area contributed by atoms with E-state index >= 15 is 0 Å². The van der Waals surface area contributed by atoms with Crippen LogP contribution >= 0.6 is 0 Å². The van der Waals surface area contributed by atoms with E-state index in [2.05, 4.69) is 20.3 Å². The monoisotopic (exact) mass is 837 g/mol. The van der Waals surface area contributed by atoms with Gasteiger partial charge in [0.25, 0.3) is 5.91 Å². The molecule has 1 saturated heterocycles. The molecule has 58 heavy (non-hydrogen) atoms. The van der Waals surface area contributed by atoms with Gasteiger partial charge in [-0.3, -0.25) is 23.9 Å². The van der Waals surface area contributed by atoms with Crippen LogP contribution in [0.3, 0.4) is 0 Å². The summed E-state index contributed by atoms with van der Waals surface area (Å²) in [6.07, 6.45) is 1.43. The van der Waals surface area contributed by atoms with Crippen LogP contribution in [0, 0.1) is 29.0 Å². The molecule has 3 fully saturated rings. The lowest BCUT2D eigenvalue weighted by Crippen LogP contribution is -2.61. The van der Waals surface area contributed by atoms with Crippen molar-refractivity contribution in [2.75, 3.05) is 13.7 Å². The fourth-order valence-electron chi connectivity index (χ4n) is 7.82. The Morgan fingerprint density at radius 3 is 2.48 bits per heavy atom. The average molecular weight is 838 g/mol. The molecule has 18 heteroatoms. The van der Waals surface area contributed by atoms with Gasteiger partial charge < -0.3 is 25.0 Å². The second kappa shape index (κ2) is 15.6. The zero-order valence-electron chi connectivity index (χ0n) is 33.4. The van der Waals surface area contributed by atoms with Gasteiger partial charge in [-0.25, -0.2) is 17.8 Å². The number of sulfonamides is 1. The molecule has 2 aromatic rings. The Hall–Kier alpha value is -4.48. The Kier molecular flexibility index (Phi) is 11.6. The van der Waals surface area contributed by atoms with Crippen LogP contribution in [-0.2, 0) is 29.2 Å². The average Bonchev–Trinajstić information content (AvgIpc) is 4.03. The molecule has 1 aromatic carbocycles. The number of pyridine rings is 1. The van der Waals surface area contributed by atoms with Crippen molar-refractivity contribution in [3.8, 4) is 11.6 Å². The van der Waals surface area contributed by atoms with Crippen molar-refractivity contribution >= 4 is 44.4 Å². The van der Waals surface area contributed by atoms with Gasteiger partial charge in [0.2, 0.25) is 33.6 Å². The van der Waals surface area contributed by atoms with Crippen LogP contribution in [0.5, 0.6) is 11.6 Å². The van der Waals surface area contributed by atoms with Gasteiger partial charge in [0.1, 0.15) is 29.1 Å². The Labute approximate surface area is 335 Å². The standard InChI is InChI=1S/C40H51F4N5O8S/c1-7-23-16-22(2)10-8-9-11-25-20-39(25,36(53)48-58(54,55)38(5)13-14-38)47-32(50)29-18-26(57-33-27-19-28(41)30(56-6)17-24(27)12-15-45-33)21-49(29)34(51)31(23)46-35(52)37(3,4)40(42,43)44/h9,11-12,15,17,19,22-23,25-26,29,31H,7-8,10,13-14,16,18,20-21H2,1-6H3,(H,46,52)(H,47,50)(H,48,53)/t22-,23-,25-,26-,29+,31+,39-/m1/s1. The van der Waals surface area contributed by atoms with Gasteiger partial charge in [-0.05, 0) is 94.7 Å². The zero-order valence-corrected chi connectivity index (χ0v) is 34.2. The minimum atomic E-state index is -4.95. The molecule has 3 heterocycles. The third-order valence-electron chi connectivity index (χ3n) is 12.4. The molecule has 4 aliphatic rings. The van der Waals surface area contributed by atoms with Crippen molar-refractivity contribution < 1.29 is 54.6 Å². The normalized spacial score (nSPS) is 29.0. The molecule has 0 radical (unpaired) electrons. The van der Waals surface area contributed by atoms with Gasteiger partial charge >= 0.3 is 6.18 Å². The molecular formula is C40H51F4N5O8S. The zero-order chi connectivity index (χ0) is 42.6. The lowest BCUT2D eigenvalue weighted by molar-refractivity contribution is -0.212. The number of fused-ring (bicyclic) bond motifs is 3. The first kappa shape index (κ1) is 43.1. The van der Waals surface area contributed by atoms with Crippen LogP contribution in [0.25, 0.3) is 10.8 Å². The predicted molar refractivity (Wildman–Crippen MR) is 204 cm³/mol. The van der Waals surface area contributed by atoms with Gasteiger partial charge in [0.15, 0.2) is 11.6 Å². The summed E-state index contributed by atoms with van der Waals surface area (Å²) in [7, 11) is -2.79. The van der Waals surface area contributed by atoms with E-state index in [0.29, 0.717) is 43.9 Å². The molecule has 3 N–H and O–H groups in total. The number of methoxy groups -OCH3 is 1. The number of halogens is 4. The molecule has 7 atom stereocenters. The highest BCUT2D eigenvalue weighted by atomic mass is 32.2. The van der Waals surface area contributed by atoms with Gasteiger partial charge in [-0.2, -0.15) is 13.2 Å². The number of carbonyl (C=O) groups excluding carboxylic acids is 4. The second-order valence-corrected chi connectivity index (χ2v) is 19.2. The van der Waals surface area contributed by atoms with Crippen molar-refractivity contribution in [3.05, 3.63) is 42.4 Å². The van der Waals surface area contributed by atoms with Gasteiger partial charge in [0, 0.05) is 23.9 Å². The highest BCUT2D eigenvalue weighted by Gasteiger charge is 2.63. The second-order valence-electron chi connectivity index (χ2n) is 17.1. The number of allylic oxidation sites excluding steroid dienone is 1. The van der Waals surface area contributed by atoms with E-state index in [1.165, 1.54) is 32.4 Å². The molecule has 0 bridgehead atoms. The lowest BCUT2D eigenvalue weighted by Gasteiger charge is -2.36. The number of benzene rings is 1. The summed E-state index contributed by atoms with van der Waals surface area (Å²) in [6.45, 7) is 6.36. The number of nitrogens with one attached hydrogen (secondary N) is 3. The maximum atomic E-state index is 14.9. The van der Waals surface area contributed by atoms with Gasteiger partial charge in [-0.15, -0.1) is 0 Å². The first-order valence-corrected chi connectivity index (χ1v) is 21.1. The minimum absolute atomic E-state index is 0.0227. The van der Waals surface area contributed by atoms with Crippen molar-refractivity contribution in [3.63, 3.8) is 0 Å². The molecule has 4 amide bonds. The van der Waals surface area contributed by atoms with Gasteiger partial charge in [0.05, 0.1) is 18.4 Å². The quantitative estimate of drug-likeness (QED) is 0.230. The van der Waals surface area contributed by atoms with E-state index in [9.17, 15) is 45.2 Å². The molecule has 2 saturated carbocycles. The summed E-state index contributed by atoms with van der Waals surface area (Å²) in [4.78, 5) is 62.2. The number of aromatic nitrogens is 1. The summed E-state index contributed by atoms with van der Waals surface area (Å²) >= 11 is 0. The van der Waals surface area contributed by atoms with Crippen molar-refractivity contribution in [2.45, 2.75) is 121 Å². The molecule has 2 aliphatic heterocycles. The topological polar surface area (TPSA) is 173 Å². The minimum Gasteiger partial charge on any atom is -0.494 e. The Bertz CT molecular complexity index is 2110. The van der Waals surface area contributed by atoms with Crippen LogP contribution in [0.2, 0.25) is 0 Å². The largest absolute Gasteiger partial charge is 0.494 e. The van der Waals surface area contributed by atoms with Crippen molar-refractivity contribution in [1.29, 1.82) is 0 Å². The highest BCUT2D eigenvalue weighted by molar-refractivity contribution is 7.91. The number of hydrogen-bond acceptors (Lipinski definition) is 9. The maximum Gasteiger partial charge on any atom is 0.402 e. The van der Waals surface area contributed by atoms with Crippen LogP contribution in [0.4, 0.5) is 17.6 Å².